The maximum atomic E-state index is 5.51. The van der Waals surface area contributed by atoms with Crippen LogP contribution >= 0.6 is 0 Å². The lowest BCUT2D eigenvalue weighted by Gasteiger charge is -2.22. The Labute approximate surface area is 96.6 Å². The van der Waals surface area contributed by atoms with Crippen LogP contribution in [0.4, 0.5) is 0 Å². The molecule has 0 amide bonds. The van der Waals surface area contributed by atoms with Crippen LogP contribution in [0.1, 0.15) is 56.0 Å². The fourth-order valence-electron chi connectivity index (χ4n) is 2.77. The van der Waals surface area contributed by atoms with E-state index in [1.54, 1.807) is 0 Å². The van der Waals surface area contributed by atoms with Crippen molar-refractivity contribution in [3.63, 3.8) is 0 Å². The van der Waals surface area contributed by atoms with E-state index >= 15 is 0 Å². The van der Waals surface area contributed by atoms with Gasteiger partial charge in [0.05, 0.1) is 0 Å². The van der Waals surface area contributed by atoms with Crippen molar-refractivity contribution in [2.75, 3.05) is 0 Å². The molecule has 0 radical (unpaired) electrons. The zero-order chi connectivity index (χ0) is 11.1. The van der Waals surface area contributed by atoms with Crippen LogP contribution in [0.5, 0.6) is 0 Å². The zero-order valence-corrected chi connectivity index (χ0v) is 10.1. The standard InChI is InChI=1S/C13H20N2O/c1-8-5-9(2)13-11(6-8)12(15-16-13)7-14-10-3-4-10/h8-10,14H,3-7H2,1-2H3. The number of rotatable bonds is 3. The zero-order valence-electron chi connectivity index (χ0n) is 10.1. The Kier molecular flexibility index (Phi) is 2.51. The molecule has 0 aromatic carbocycles. The quantitative estimate of drug-likeness (QED) is 0.851. The van der Waals surface area contributed by atoms with Gasteiger partial charge in [-0.25, -0.2) is 0 Å². The third-order valence-electron chi connectivity index (χ3n) is 3.79. The van der Waals surface area contributed by atoms with Crippen molar-refractivity contribution in [3.05, 3.63) is 17.0 Å². The highest BCUT2D eigenvalue weighted by Crippen LogP contribution is 2.36. The van der Waals surface area contributed by atoms with E-state index < -0.39 is 0 Å². The van der Waals surface area contributed by atoms with Gasteiger partial charge in [0.1, 0.15) is 11.5 Å². The molecular formula is C13H20N2O. The lowest BCUT2D eigenvalue weighted by atomic mass is 9.82. The molecule has 1 heterocycles. The highest BCUT2D eigenvalue weighted by Gasteiger charge is 2.29. The van der Waals surface area contributed by atoms with Crippen molar-refractivity contribution in [1.29, 1.82) is 0 Å². The van der Waals surface area contributed by atoms with E-state index in [2.05, 4.69) is 24.3 Å². The second-order valence-electron chi connectivity index (χ2n) is 5.57. The number of aromatic nitrogens is 1. The number of hydrogen-bond donors (Lipinski definition) is 1. The van der Waals surface area contributed by atoms with Gasteiger partial charge in [0.25, 0.3) is 0 Å². The van der Waals surface area contributed by atoms with Gasteiger partial charge in [-0.1, -0.05) is 19.0 Å². The summed E-state index contributed by atoms with van der Waals surface area (Å²) >= 11 is 0. The van der Waals surface area contributed by atoms with Crippen LogP contribution in [0.2, 0.25) is 0 Å². The largest absolute Gasteiger partial charge is 0.361 e. The molecule has 88 valence electrons. The highest BCUT2D eigenvalue weighted by molar-refractivity contribution is 5.28. The van der Waals surface area contributed by atoms with Gasteiger partial charge in [-0.3, -0.25) is 0 Å². The third kappa shape index (κ3) is 1.88. The first-order valence-electron chi connectivity index (χ1n) is 6.44. The fourth-order valence-corrected chi connectivity index (χ4v) is 2.77. The summed E-state index contributed by atoms with van der Waals surface area (Å²) in [6, 6.07) is 0.741. The Hall–Kier alpha value is -0.830. The first-order valence-corrected chi connectivity index (χ1v) is 6.44. The summed E-state index contributed by atoms with van der Waals surface area (Å²) in [6.45, 7) is 5.46. The normalized spacial score (nSPS) is 29.1. The van der Waals surface area contributed by atoms with Crippen molar-refractivity contribution < 1.29 is 4.52 Å². The first kappa shape index (κ1) is 10.3. The van der Waals surface area contributed by atoms with Crippen LogP contribution in [0.3, 0.4) is 0 Å². The van der Waals surface area contributed by atoms with Crippen LogP contribution in [0, 0.1) is 5.92 Å². The molecule has 1 fully saturated rings. The molecule has 3 nitrogen and oxygen atoms in total. The van der Waals surface area contributed by atoms with Gasteiger partial charge in [-0.15, -0.1) is 0 Å². The molecule has 0 spiro atoms. The van der Waals surface area contributed by atoms with Crippen molar-refractivity contribution in [1.82, 2.24) is 10.5 Å². The number of nitrogens with one attached hydrogen (secondary N) is 1. The van der Waals surface area contributed by atoms with Crippen LogP contribution in [-0.4, -0.2) is 11.2 Å². The molecule has 1 N–H and O–H groups in total. The predicted octanol–water partition coefficient (Wildman–Crippen LogP) is 2.61. The first-order chi connectivity index (χ1) is 7.74. The molecule has 1 saturated carbocycles. The second-order valence-corrected chi connectivity index (χ2v) is 5.57. The maximum absolute atomic E-state index is 5.51. The molecule has 3 rings (SSSR count). The van der Waals surface area contributed by atoms with Gasteiger partial charge in [0.2, 0.25) is 0 Å². The number of fused-ring (bicyclic) bond motifs is 1. The molecule has 0 saturated heterocycles. The summed E-state index contributed by atoms with van der Waals surface area (Å²) < 4.78 is 5.51. The molecule has 2 atom stereocenters. The Morgan fingerprint density at radius 2 is 2.19 bits per heavy atom. The summed E-state index contributed by atoms with van der Waals surface area (Å²) in [5.74, 6) is 2.45. The van der Waals surface area contributed by atoms with Gasteiger partial charge in [-0.05, 0) is 31.6 Å². The third-order valence-corrected chi connectivity index (χ3v) is 3.79. The molecule has 2 unspecified atom stereocenters. The molecule has 0 aliphatic heterocycles. The van der Waals surface area contributed by atoms with Crippen molar-refractivity contribution in [3.8, 4) is 0 Å². The second kappa shape index (κ2) is 3.88. The average molecular weight is 220 g/mol. The van der Waals surface area contributed by atoms with Gasteiger partial charge in [0.15, 0.2) is 0 Å². The minimum absolute atomic E-state index is 0.543. The van der Waals surface area contributed by atoms with E-state index in [-0.39, 0.29) is 0 Å². The SMILES string of the molecule is CC1Cc2c(CNC3CC3)noc2C(C)C1. The Balaban J connectivity index is 1.78. The Morgan fingerprint density at radius 3 is 2.94 bits per heavy atom. The fraction of sp³-hybridized carbons (Fsp3) is 0.769. The molecule has 1 aromatic rings. The van der Waals surface area contributed by atoms with E-state index in [0.29, 0.717) is 5.92 Å². The molecule has 16 heavy (non-hydrogen) atoms. The number of nitrogens with zero attached hydrogens (tertiary/aromatic N) is 1. The summed E-state index contributed by atoms with van der Waals surface area (Å²) in [4.78, 5) is 0. The van der Waals surface area contributed by atoms with Crippen LogP contribution in [-0.2, 0) is 13.0 Å². The van der Waals surface area contributed by atoms with Gasteiger partial charge < -0.3 is 9.84 Å². The topological polar surface area (TPSA) is 38.1 Å². The highest BCUT2D eigenvalue weighted by atomic mass is 16.5. The van der Waals surface area contributed by atoms with E-state index in [1.165, 1.54) is 24.8 Å². The average Bonchev–Trinajstić information content (AvgIpc) is 2.97. The minimum atomic E-state index is 0.543. The monoisotopic (exact) mass is 220 g/mol. The molecular weight excluding hydrogens is 200 g/mol. The Morgan fingerprint density at radius 1 is 1.38 bits per heavy atom. The van der Waals surface area contributed by atoms with Crippen LogP contribution in [0.25, 0.3) is 0 Å². The van der Waals surface area contributed by atoms with Crippen LogP contribution < -0.4 is 5.32 Å². The Bertz CT molecular complexity index is 381. The van der Waals surface area contributed by atoms with Crippen molar-refractivity contribution in [2.45, 2.75) is 58.0 Å². The molecule has 2 aliphatic rings. The van der Waals surface area contributed by atoms with E-state index in [0.717, 1.165) is 36.4 Å². The van der Waals surface area contributed by atoms with Gasteiger partial charge >= 0.3 is 0 Å². The van der Waals surface area contributed by atoms with Crippen LogP contribution in [0.15, 0.2) is 4.52 Å². The summed E-state index contributed by atoms with van der Waals surface area (Å²) in [5.41, 5.74) is 2.54. The predicted molar refractivity (Wildman–Crippen MR) is 62.3 cm³/mol. The number of hydrogen-bond acceptors (Lipinski definition) is 3. The summed E-state index contributed by atoms with van der Waals surface area (Å²) in [7, 11) is 0. The minimum Gasteiger partial charge on any atom is -0.361 e. The summed E-state index contributed by atoms with van der Waals surface area (Å²) in [6.07, 6.45) is 5.03. The van der Waals surface area contributed by atoms with Crippen molar-refractivity contribution >= 4 is 0 Å². The molecule has 0 bridgehead atoms. The molecule has 2 aliphatic carbocycles. The lowest BCUT2D eigenvalue weighted by molar-refractivity contribution is 0.323. The molecule has 3 heteroatoms. The van der Waals surface area contributed by atoms with Gasteiger partial charge in [0, 0.05) is 24.1 Å². The molecule has 1 aromatic heterocycles. The maximum Gasteiger partial charge on any atom is 0.143 e. The van der Waals surface area contributed by atoms with E-state index in [4.69, 9.17) is 4.52 Å². The van der Waals surface area contributed by atoms with E-state index in [1.807, 2.05) is 0 Å². The lowest BCUT2D eigenvalue weighted by Crippen LogP contribution is -2.19. The summed E-state index contributed by atoms with van der Waals surface area (Å²) in [5, 5.41) is 7.76. The van der Waals surface area contributed by atoms with Gasteiger partial charge in [-0.2, -0.15) is 0 Å². The smallest absolute Gasteiger partial charge is 0.143 e. The van der Waals surface area contributed by atoms with Crippen molar-refractivity contribution in [2.24, 2.45) is 5.92 Å². The van der Waals surface area contributed by atoms with E-state index in [9.17, 15) is 0 Å².